The first-order valence-electron chi connectivity index (χ1n) is 9.39. The van der Waals surface area contributed by atoms with E-state index in [2.05, 4.69) is 11.4 Å². The van der Waals surface area contributed by atoms with Gasteiger partial charge in [-0.05, 0) is 44.1 Å². The maximum Gasteiger partial charge on any atom is 0.226 e. The largest absolute Gasteiger partial charge is 0.356 e. The fraction of sp³-hybridized carbons (Fsp3) is 0.524. The Morgan fingerprint density at radius 3 is 2.68 bits per heavy atom. The molecule has 0 radical (unpaired) electrons. The molecule has 0 spiro atoms. The third kappa shape index (κ3) is 4.94. The molecule has 3 rings (SSSR count). The lowest BCUT2D eigenvalue weighted by molar-refractivity contribution is -0.134. The second kappa shape index (κ2) is 8.32. The Hall–Kier alpha value is -2.10. The monoisotopic (exact) mass is 340 g/mol. The summed E-state index contributed by atoms with van der Waals surface area (Å²) in [7, 11) is 1.82. The quantitative estimate of drug-likeness (QED) is 0.774. The van der Waals surface area contributed by atoms with Gasteiger partial charge in [0.15, 0.2) is 0 Å². The number of nitrogens with zero attached hydrogens (tertiary/aromatic N) is 1. The second-order valence-electron chi connectivity index (χ2n) is 7.28. The van der Waals surface area contributed by atoms with E-state index in [1.165, 1.54) is 31.3 Å². The van der Waals surface area contributed by atoms with Crippen LogP contribution < -0.4 is 5.32 Å². The summed E-state index contributed by atoms with van der Waals surface area (Å²) in [6.07, 6.45) is 8.86. The second-order valence-corrected chi connectivity index (χ2v) is 7.28. The van der Waals surface area contributed by atoms with Crippen molar-refractivity contribution in [2.24, 2.45) is 11.8 Å². The minimum absolute atomic E-state index is 0.0443. The third-order valence-electron chi connectivity index (χ3n) is 5.21. The van der Waals surface area contributed by atoms with Gasteiger partial charge in [-0.15, -0.1) is 0 Å². The van der Waals surface area contributed by atoms with Gasteiger partial charge in [0.2, 0.25) is 11.8 Å². The van der Waals surface area contributed by atoms with Crippen LogP contribution in [0.15, 0.2) is 42.0 Å². The molecule has 1 aromatic rings. The van der Waals surface area contributed by atoms with Gasteiger partial charge in [0.05, 0.1) is 11.8 Å². The number of hydrogen-bond acceptors (Lipinski definition) is 2. The van der Waals surface area contributed by atoms with E-state index in [4.69, 9.17) is 0 Å². The van der Waals surface area contributed by atoms with E-state index in [9.17, 15) is 9.59 Å². The lowest BCUT2D eigenvalue weighted by Crippen LogP contribution is -2.31. The molecular formula is C21H28N2O2. The topological polar surface area (TPSA) is 49.4 Å². The van der Waals surface area contributed by atoms with Crippen molar-refractivity contribution >= 4 is 11.8 Å². The molecule has 1 aromatic carbocycles. The highest BCUT2D eigenvalue weighted by Gasteiger charge is 2.48. The Kier molecular flexibility index (Phi) is 5.90. The van der Waals surface area contributed by atoms with E-state index in [1.807, 2.05) is 37.4 Å². The molecule has 1 N–H and O–H groups in total. The van der Waals surface area contributed by atoms with Gasteiger partial charge >= 0.3 is 0 Å². The minimum Gasteiger partial charge on any atom is -0.356 e. The molecule has 1 fully saturated rings. The maximum absolute atomic E-state index is 12.5. The molecule has 25 heavy (non-hydrogen) atoms. The molecule has 1 saturated carbocycles. The summed E-state index contributed by atoms with van der Waals surface area (Å²) in [5.41, 5.74) is 2.58. The van der Waals surface area contributed by atoms with Gasteiger partial charge < -0.3 is 10.2 Å². The summed E-state index contributed by atoms with van der Waals surface area (Å²) >= 11 is 0. The van der Waals surface area contributed by atoms with Crippen molar-refractivity contribution in [1.29, 1.82) is 0 Å². The summed E-state index contributed by atoms with van der Waals surface area (Å²) in [4.78, 5) is 26.5. The van der Waals surface area contributed by atoms with Crippen LogP contribution in [0, 0.1) is 11.8 Å². The first kappa shape index (κ1) is 17.7. The maximum atomic E-state index is 12.5. The van der Waals surface area contributed by atoms with Crippen LogP contribution in [0.3, 0.4) is 0 Å². The molecule has 2 amide bonds. The molecule has 0 aromatic heterocycles. The number of amides is 2. The first-order valence-corrected chi connectivity index (χ1v) is 9.39. The van der Waals surface area contributed by atoms with Gasteiger partial charge in [0, 0.05) is 20.1 Å². The fourth-order valence-electron chi connectivity index (χ4n) is 3.59. The van der Waals surface area contributed by atoms with Gasteiger partial charge in [-0.1, -0.05) is 42.0 Å². The van der Waals surface area contributed by atoms with Gasteiger partial charge in [-0.2, -0.15) is 0 Å². The highest BCUT2D eigenvalue weighted by molar-refractivity contribution is 5.92. The lowest BCUT2D eigenvalue weighted by Gasteiger charge is -2.17. The molecule has 4 heteroatoms. The lowest BCUT2D eigenvalue weighted by atomic mass is 9.97. The third-order valence-corrected chi connectivity index (χ3v) is 5.21. The summed E-state index contributed by atoms with van der Waals surface area (Å²) in [5, 5.41) is 3.01. The molecule has 0 saturated heterocycles. The van der Waals surface area contributed by atoms with E-state index < -0.39 is 0 Å². The Labute approximate surface area is 150 Å². The number of rotatable bonds is 7. The number of benzene rings is 1. The first-order chi connectivity index (χ1) is 12.1. The van der Waals surface area contributed by atoms with Crippen molar-refractivity contribution < 1.29 is 9.59 Å². The Morgan fingerprint density at radius 1 is 1.16 bits per heavy atom. The highest BCUT2D eigenvalue weighted by atomic mass is 16.2. The van der Waals surface area contributed by atoms with Crippen LogP contribution in [0.5, 0.6) is 0 Å². The van der Waals surface area contributed by atoms with E-state index in [0.717, 1.165) is 12.0 Å². The van der Waals surface area contributed by atoms with Crippen molar-refractivity contribution in [2.45, 2.75) is 45.1 Å². The number of nitrogens with one attached hydrogen (secondary N) is 1. The van der Waals surface area contributed by atoms with Crippen LogP contribution in [0.25, 0.3) is 0 Å². The highest BCUT2D eigenvalue weighted by Crippen LogP contribution is 2.40. The number of allylic oxidation sites excluding steroid dienone is 1. The van der Waals surface area contributed by atoms with Gasteiger partial charge in [0.1, 0.15) is 0 Å². The number of carbonyl (C=O) groups is 2. The van der Waals surface area contributed by atoms with E-state index in [-0.39, 0.29) is 23.7 Å². The molecule has 0 bridgehead atoms. The minimum atomic E-state index is -0.136. The summed E-state index contributed by atoms with van der Waals surface area (Å²) < 4.78 is 0. The zero-order valence-corrected chi connectivity index (χ0v) is 15.0. The Morgan fingerprint density at radius 2 is 1.96 bits per heavy atom. The van der Waals surface area contributed by atoms with Crippen LogP contribution >= 0.6 is 0 Å². The summed E-state index contributed by atoms with van der Waals surface area (Å²) in [6, 6.07) is 9.95. The molecule has 2 aliphatic carbocycles. The van der Waals surface area contributed by atoms with E-state index in [1.54, 1.807) is 4.90 Å². The Bertz CT molecular complexity index is 639. The van der Waals surface area contributed by atoms with Crippen LogP contribution in [0.1, 0.15) is 44.1 Å². The molecule has 4 nitrogen and oxygen atoms in total. The summed E-state index contributed by atoms with van der Waals surface area (Å²) in [6.45, 7) is 1.29. The predicted octanol–water partition coefficient (Wildman–Crippen LogP) is 3.29. The van der Waals surface area contributed by atoms with Crippen molar-refractivity contribution in [2.75, 3.05) is 13.6 Å². The average molecular weight is 340 g/mol. The SMILES string of the molecule is CN(Cc1ccccc1)C(=O)C1CC1C(=O)NCCC1=CCCCC1. The molecule has 134 valence electrons. The standard InChI is InChI=1S/C21H28N2O2/c1-23(15-17-10-6-3-7-11-17)21(25)19-14-18(19)20(24)22-13-12-16-8-4-2-5-9-16/h3,6-8,10-11,18-19H,2,4-5,9,12-15H2,1H3,(H,22,24). The van der Waals surface area contributed by atoms with Crippen LogP contribution in [-0.2, 0) is 16.1 Å². The van der Waals surface area contributed by atoms with Gasteiger partial charge in [-0.3, -0.25) is 9.59 Å². The van der Waals surface area contributed by atoms with Crippen molar-refractivity contribution in [3.63, 3.8) is 0 Å². The van der Waals surface area contributed by atoms with E-state index >= 15 is 0 Å². The molecule has 2 unspecified atom stereocenters. The molecular weight excluding hydrogens is 312 g/mol. The average Bonchev–Trinajstić information content (AvgIpc) is 3.43. The number of carbonyl (C=O) groups excluding carboxylic acids is 2. The smallest absolute Gasteiger partial charge is 0.226 e. The molecule has 2 aliphatic rings. The van der Waals surface area contributed by atoms with Crippen LogP contribution in [-0.4, -0.2) is 30.3 Å². The van der Waals surface area contributed by atoms with Crippen LogP contribution in [0.4, 0.5) is 0 Å². The molecule has 2 atom stereocenters. The predicted molar refractivity (Wildman–Crippen MR) is 98.7 cm³/mol. The number of hydrogen-bond donors (Lipinski definition) is 1. The van der Waals surface area contributed by atoms with Crippen molar-refractivity contribution in [3.8, 4) is 0 Å². The Balaban J connectivity index is 1.39. The zero-order valence-electron chi connectivity index (χ0n) is 15.0. The van der Waals surface area contributed by atoms with Gasteiger partial charge in [0.25, 0.3) is 0 Å². The van der Waals surface area contributed by atoms with Crippen LogP contribution in [0.2, 0.25) is 0 Å². The summed E-state index contributed by atoms with van der Waals surface area (Å²) in [5.74, 6) is -0.143. The molecule has 0 aliphatic heterocycles. The van der Waals surface area contributed by atoms with Gasteiger partial charge in [-0.25, -0.2) is 0 Å². The fourth-order valence-corrected chi connectivity index (χ4v) is 3.59. The zero-order chi connectivity index (χ0) is 17.6. The van der Waals surface area contributed by atoms with Crippen molar-refractivity contribution in [3.05, 3.63) is 47.5 Å². The normalized spacial score (nSPS) is 22.0. The van der Waals surface area contributed by atoms with Crippen molar-refractivity contribution in [1.82, 2.24) is 10.2 Å². The molecule has 0 heterocycles. The van der Waals surface area contributed by atoms with E-state index in [0.29, 0.717) is 19.5 Å².